The molecule has 112 valence electrons. The summed E-state index contributed by atoms with van der Waals surface area (Å²) in [4.78, 5) is 11.0. The van der Waals surface area contributed by atoms with Crippen LogP contribution >= 0.6 is 0 Å². The third-order valence-electron chi connectivity index (χ3n) is 3.42. The zero-order valence-electron chi connectivity index (χ0n) is 11.3. The second-order valence-electron chi connectivity index (χ2n) is 4.76. The second kappa shape index (κ2) is 7.18. The summed E-state index contributed by atoms with van der Waals surface area (Å²) in [5, 5.41) is 9.62. The van der Waals surface area contributed by atoms with E-state index >= 15 is 0 Å². The number of nitrogens with one attached hydrogen (secondary N) is 1. The standard InChI is InChI=1S/C11H22N2O5S/c1-13(7-6-11(15)18-2)19(16,17)12-8-9-4-3-5-10(9)14/h9-10,12,14H,3-8H2,1-2H3. The van der Waals surface area contributed by atoms with E-state index in [2.05, 4.69) is 9.46 Å². The lowest BCUT2D eigenvalue weighted by Crippen LogP contribution is -2.42. The van der Waals surface area contributed by atoms with Crippen LogP contribution in [0.5, 0.6) is 0 Å². The van der Waals surface area contributed by atoms with Crippen molar-refractivity contribution in [2.75, 3.05) is 27.2 Å². The quantitative estimate of drug-likeness (QED) is 0.616. The molecule has 1 aliphatic carbocycles. The van der Waals surface area contributed by atoms with Gasteiger partial charge < -0.3 is 9.84 Å². The molecule has 0 spiro atoms. The number of esters is 1. The second-order valence-corrected chi connectivity index (χ2v) is 6.62. The molecule has 2 N–H and O–H groups in total. The van der Waals surface area contributed by atoms with E-state index in [-0.39, 0.29) is 25.4 Å². The average Bonchev–Trinajstić information content (AvgIpc) is 2.78. The Morgan fingerprint density at radius 2 is 2.16 bits per heavy atom. The minimum Gasteiger partial charge on any atom is -0.469 e. The fraction of sp³-hybridized carbons (Fsp3) is 0.909. The first-order valence-electron chi connectivity index (χ1n) is 6.32. The Hall–Kier alpha value is -0.700. The summed E-state index contributed by atoms with van der Waals surface area (Å²) >= 11 is 0. The van der Waals surface area contributed by atoms with Crippen molar-refractivity contribution in [3.63, 3.8) is 0 Å². The molecule has 7 nitrogen and oxygen atoms in total. The van der Waals surface area contributed by atoms with Crippen LogP contribution in [0.25, 0.3) is 0 Å². The number of aliphatic hydroxyl groups excluding tert-OH is 1. The summed E-state index contributed by atoms with van der Waals surface area (Å²) in [5.74, 6) is -0.475. The first kappa shape index (κ1) is 16.4. The first-order chi connectivity index (χ1) is 8.86. The number of hydrogen-bond acceptors (Lipinski definition) is 5. The number of ether oxygens (including phenoxy) is 1. The Morgan fingerprint density at radius 1 is 1.47 bits per heavy atom. The maximum absolute atomic E-state index is 11.9. The highest BCUT2D eigenvalue weighted by molar-refractivity contribution is 7.87. The molecule has 0 aromatic heterocycles. The molecule has 0 aromatic carbocycles. The van der Waals surface area contributed by atoms with Crippen LogP contribution in [-0.2, 0) is 19.7 Å². The maximum Gasteiger partial charge on any atom is 0.306 e. The molecule has 0 amide bonds. The summed E-state index contributed by atoms with van der Waals surface area (Å²) in [6.45, 7) is 0.293. The van der Waals surface area contributed by atoms with Gasteiger partial charge in [-0.2, -0.15) is 12.7 Å². The SMILES string of the molecule is COC(=O)CCN(C)S(=O)(=O)NCC1CCCC1O. The molecule has 0 bridgehead atoms. The van der Waals surface area contributed by atoms with Crippen LogP contribution in [0.15, 0.2) is 0 Å². The summed E-state index contributed by atoms with van der Waals surface area (Å²) in [6, 6.07) is 0. The highest BCUT2D eigenvalue weighted by Gasteiger charge is 2.27. The molecule has 2 atom stereocenters. The van der Waals surface area contributed by atoms with Crippen molar-refractivity contribution < 1.29 is 23.1 Å². The van der Waals surface area contributed by atoms with Crippen LogP contribution in [0, 0.1) is 5.92 Å². The molecule has 0 radical (unpaired) electrons. The van der Waals surface area contributed by atoms with E-state index in [0.29, 0.717) is 0 Å². The molecule has 0 saturated heterocycles. The fourth-order valence-corrected chi connectivity index (χ4v) is 3.03. The van der Waals surface area contributed by atoms with Crippen molar-refractivity contribution in [2.45, 2.75) is 31.8 Å². The Balaban J connectivity index is 2.39. The van der Waals surface area contributed by atoms with Crippen LogP contribution in [0.4, 0.5) is 0 Å². The number of hydrogen-bond donors (Lipinski definition) is 2. The number of nitrogens with zero attached hydrogens (tertiary/aromatic N) is 1. The maximum atomic E-state index is 11.9. The van der Waals surface area contributed by atoms with Gasteiger partial charge in [-0.25, -0.2) is 4.72 Å². The number of carbonyl (C=O) groups excluding carboxylic acids is 1. The van der Waals surface area contributed by atoms with Crippen molar-refractivity contribution in [3.8, 4) is 0 Å². The van der Waals surface area contributed by atoms with E-state index in [4.69, 9.17) is 0 Å². The lowest BCUT2D eigenvalue weighted by Gasteiger charge is -2.20. The van der Waals surface area contributed by atoms with Crippen LogP contribution < -0.4 is 4.72 Å². The van der Waals surface area contributed by atoms with Crippen molar-refractivity contribution in [2.24, 2.45) is 5.92 Å². The van der Waals surface area contributed by atoms with E-state index in [1.807, 2.05) is 0 Å². The van der Waals surface area contributed by atoms with Gasteiger partial charge >= 0.3 is 5.97 Å². The molecule has 19 heavy (non-hydrogen) atoms. The molecule has 0 aromatic rings. The van der Waals surface area contributed by atoms with E-state index in [1.54, 1.807) is 0 Å². The molecule has 0 aliphatic heterocycles. The van der Waals surface area contributed by atoms with Gasteiger partial charge in [0.1, 0.15) is 0 Å². The molecule has 0 heterocycles. The largest absolute Gasteiger partial charge is 0.469 e. The summed E-state index contributed by atoms with van der Waals surface area (Å²) in [6.07, 6.45) is 2.06. The normalized spacial score (nSPS) is 23.8. The molecule has 1 fully saturated rings. The summed E-state index contributed by atoms with van der Waals surface area (Å²) < 4.78 is 31.7. The van der Waals surface area contributed by atoms with Crippen molar-refractivity contribution in [3.05, 3.63) is 0 Å². The zero-order chi connectivity index (χ0) is 14.5. The Kier molecular flexibility index (Phi) is 6.18. The Bertz CT molecular complexity index is 398. The average molecular weight is 294 g/mol. The highest BCUT2D eigenvalue weighted by atomic mass is 32.2. The minimum absolute atomic E-state index is 0.0139. The van der Waals surface area contributed by atoms with Gasteiger partial charge in [-0.05, 0) is 18.8 Å². The van der Waals surface area contributed by atoms with Crippen molar-refractivity contribution in [1.82, 2.24) is 9.03 Å². The Labute approximate surface area is 114 Å². The number of methoxy groups -OCH3 is 1. The lowest BCUT2D eigenvalue weighted by atomic mass is 10.1. The molecule has 1 saturated carbocycles. The van der Waals surface area contributed by atoms with Gasteiger partial charge in [-0.1, -0.05) is 6.42 Å². The van der Waals surface area contributed by atoms with Crippen molar-refractivity contribution >= 4 is 16.2 Å². The van der Waals surface area contributed by atoms with E-state index in [9.17, 15) is 18.3 Å². The zero-order valence-corrected chi connectivity index (χ0v) is 12.1. The molecule has 8 heteroatoms. The van der Waals surface area contributed by atoms with Gasteiger partial charge in [-0.3, -0.25) is 4.79 Å². The number of rotatable bonds is 7. The van der Waals surface area contributed by atoms with Gasteiger partial charge in [0, 0.05) is 20.1 Å². The molecule has 1 aliphatic rings. The van der Waals surface area contributed by atoms with Crippen LogP contribution in [-0.4, -0.2) is 57.1 Å². The fourth-order valence-electron chi connectivity index (χ4n) is 2.05. The predicted octanol–water partition coefficient (Wildman–Crippen LogP) is -0.523. The number of aliphatic hydroxyl groups is 1. The Morgan fingerprint density at radius 3 is 2.68 bits per heavy atom. The third kappa shape index (κ3) is 5.06. The van der Waals surface area contributed by atoms with E-state index in [1.165, 1.54) is 14.2 Å². The van der Waals surface area contributed by atoms with E-state index < -0.39 is 22.3 Å². The predicted molar refractivity (Wildman–Crippen MR) is 69.5 cm³/mol. The number of carbonyl (C=O) groups is 1. The summed E-state index contributed by atoms with van der Waals surface area (Å²) in [5.41, 5.74) is 0. The van der Waals surface area contributed by atoms with Gasteiger partial charge in [0.05, 0.1) is 19.6 Å². The monoisotopic (exact) mass is 294 g/mol. The summed E-state index contributed by atoms with van der Waals surface area (Å²) in [7, 11) is -0.951. The van der Waals surface area contributed by atoms with Crippen molar-refractivity contribution in [1.29, 1.82) is 0 Å². The highest BCUT2D eigenvalue weighted by Crippen LogP contribution is 2.24. The van der Waals surface area contributed by atoms with Gasteiger partial charge in [0.2, 0.25) is 0 Å². The third-order valence-corrected chi connectivity index (χ3v) is 4.95. The molecule has 1 rings (SSSR count). The minimum atomic E-state index is -3.61. The van der Waals surface area contributed by atoms with Crippen LogP contribution in [0.3, 0.4) is 0 Å². The van der Waals surface area contributed by atoms with Gasteiger partial charge in [-0.15, -0.1) is 0 Å². The van der Waals surface area contributed by atoms with Crippen LogP contribution in [0.1, 0.15) is 25.7 Å². The lowest BCUT2D eigenvalue weighted by molar-refractivity contribution is -0.140. The first-order valence-corrected chi connectivity index (χ1v) is 7.76. The van der Waals surface area contributed by atoms with Gasteiger partial charge in [0.25, 0.3) is 10.2 Å². The molecular formula is C11H22N2O5S. The topological polar surface area (TPSA) is 95.9 Å². The van der Waals surface area contributed by atoms with Crippen LogP contribution in [0.2, 0.25) is 0 Å². The van der Waals surface area contributed by atoms with Gasteiger partial charge in [0.15, 0.2) is 0 Å². The van der Waals surface area contributed by atoms with E-state index in [0.717, 1.165) is 23.6 Å². The molecular weight excluding hydrogens is 272 g/mol. The smallest absolute Gasteiger partial charge is 0.306 e. The molecule has 2 unspecified atom stereocenters.